The number of carbonyl (C=O) groups is 2. The summed E-state index contributed by atoms with van der Waals surface area (Å²) in [6.07, 6.45) is 1.92. The second-order valence-corrected chi connectivity index (χ2v) is 6.73. The van der Waals surface area contributed by atoms with Gasteiger partial charge in [-0.3, -0.25) is 5.01 Å². The van der Waals surface area contributed by atoms with E-state index in [-0.39, 0.29) is 17.9 Å². The quantitative estimate of drug-likeness (QED) is 0.759. The van der Waals surface area contributed by atoms with Crippen molar-refractivity contribution in [3.63, 3.8) is 0 Å². The maximum absolute atomic E-state index is 12.4. The van der Waals surface area contributed by atoms with Gasteiger partial charge in [0.05, 0.1) is 24.4 Å². The topological polar surface area (TPSA) is 82.4 Å². The predicted octanol–water partition coefficient (Wildman–Crippen LogP) is 3.27. The van der Waals surface area contributed by atoms with Crippen LogP contribution in [0.3, 0.4) is 0 Å². The molecule has 0 aliphatic carbocycles. The van der Waals surface area contributed by atoms with E-state index in [1.54, 1.807) is 24.1 Å². The Kier molecular flexibility index (Phi) is 5.97. The molecule has 0 unspecified atom stereocenters. The number of rotatable bonds is 6. The SMILES string of the molecule is CCOC(=O)C1=NN(c2ccc(C(=O)O)cc2)C/C1=C\c1ccc(N(C)C)cc1. The molecule has 7 heteroatoms. The van der Waals surface area contributed by atoms with E-state index in [4.69, 9.17) is 9.84 Å². The molecule has 1 N–H and O–H groups in total. The minimum atomic E-state index is -0.990. The van der Waals surface area contributed by atoms with Crippen molar-refractivity contribution in [3.8, 4) is 0 Å². The lowest BCUT2D eigenvalue weighted by atomic mass is 10.1. The summed E-state index contributed by atoms with van der Waals surface area (Å²) in [6.45, 7) is 2.39. The van der Waals surface area contributed by atoms with Gasteiger partial charge in [-0.2, -0.15) is 5.10 Å². The van der Waals surface area contributed by atoms with Crippen molar-refractivity contribution in [2.75, 3.05) is 37.2 Å². The summed E-state index contributed by atoms with van der Waals surface area (Å²) in [5.74, 6) is -1.47. The Morgan fingerprint density at radius 3 is 2.34 bits per heavy atom. The number of anilines is 2. The first-order chi connectivity index (χ1) is 13.9. The molecule has 0 saturated carbocycles. The summed E-state index contributed by atoms with van der Waals surface area (Å²) in [6, 6.07) is 14.3. The molecule has 2 aromatic carbocycles. The highest BCUT2D eigenvalue weighted by Crippen LogP contribution is 2.25. The first-order valence-electron chi connectivity index (χ1n) is 9.24. The summed E-state index contributed by atoms with van der Waals surface area (Å²) < 4.78 is 5.16. The molecule has 150 valence electrons. The molecular weight excluding hydrogens is 370 g/mol. The molecule has 0 atom stereocenters. The van der Waals surface area contributed by atoms with E-state index in [9.17, 15) is 9.59 Å². The van der Waals surface area contributed by atoms with E-state index in [2.05, 4.69) is 5.10 Å². The maximum Gasteiger partial charge on any atom is 0.359 e. The molecule has 0 aromatic heterocycles. The standard InChI is InChI=1S/C22H23N3O4/c1-4-29-22(28)20-17(13-15-5-9-18(10-6-15)24(2)3)14-25(23-20)19-11-7-16(8-12-19)21(26)27/h5-13H,4,14H2,1-3H3,(H,26,27)/b17-13+. The number of benzene rings is 2. The van der Waals surface area contributed by atoms with Gasteiger partial charge in [0.25, 0.3) is 0 Å². The molecule has 0 radical (unpaired) electrons. The fourth-order valence-corrected chi connectivity index (χ4v) is 2.94. The van der Waals surface area contributed by atoms with Crippen LogP contribution >= 0.6 is 0 Å². The summed E-state index contributed by atoms with van der Waals surface area (Å²) in [4.78, 5) is 25.5. The van der Waals surface area contributed by atoms with E-state index in [1.165, 1.54) is 12.1 Å². The molecule has 0 amide bonds. The summed E-state index contributed by atoms with van der Waals surface area (Å²) in [5, 5.41) is 15.2. The molecule has 0 spiro atoms. The van der Waals surface area contributed by atoms with Gasteiger partial charge in [0.1, 0.15) is 0 Å². The van der Waals surface area contributed by atoms with Crippen LogP contribution in [0.15, 0.2) is 59.2 Å². The van der Waals surface area contributed by atoms with Crippen molar-refractivity contribution in [3.05, 3.63) is 65.2 Å². The Bertz CT molecular complexity index is 961. The van der Waals surface area contributed by atoms with E-state index in [0.29, 0.717) is 12.2 Å². The average molecular weight is 393 g/mol. The van der Waals surface area contributed by atoms with Gasteiger partial charge in [0, 0.05) is 25.4 Å². The van der Waals surface area contributed by atoms with Gasteiger partial charge in [0.15, 0.2) is 5.71 Å². The largest absolute Gasteiger partial charge is 0.478 e. The van der Waals surface area contributed by atoms with Gasteiger partial charge in [0.2, 0.25) is 0 Å². The van der Waals surface area contributed by atoms with E-state index < -0.39 is 11.9 Å². The molecule has 0 fully saturated rings. The zero-order chi connectivity index (χ0) is 21.0. The Morgan fingerprint density at radius 2 is 1.79 bits per heavy atom. The second kappa shape index (κ2) is 8.60. The van der Waals surface area contributed by atoms with Crippen molar-refractivity contribution in [1.29, 1.82) is 0 Å². The van der Waals surface area contributed by atoms with Crippen LogP contribution in [0.5, 0.6) is 0 Å². The molecule has 2 aromatic rings. The lowest BCUT2D eigenvalue weighted by Gasteiger charge is -2.14. The Hall–Kier alpha value is -3.61. The van der Waals surface area contributed by atoms with Gasteiger partial charge >= 0.3 is 11.9 Å². The van der Waals surface area contributed by atoms with Crippen LogP contribution in [-0.2, 0) is 9.53 Å². The average Bonchev–Trinajstić information content (AvgIpc) is 3.12. The van der Waals surface area contributed by atoms with Crippen LogP contribution in [0.1, 0.15) is 22.8 Å². The first kappa shape index (κ1) is 20.1. The normalized spacial score (nSPS) is 14.7. The molecule has 1 aliphatic rings. The molecule has 0 bridgehead atoms. The van der Waals surface area contributed by atoms with Crippen molar-refractivity contribution >= 4 is 35.1 Å². The van der Waals surface area contributed by atoms with Gasteiger partial charge in [-0.05, 0) is 55.0 Å². The van der Waals surface area contributed by atoms with E-state index in [0.717, 1.165) is 16.8 Å². The number of hydrogen-bond acceptors (Lipinski definition) is 6. The highest BCUT2D eigenvalue weighted by molar-refractivity contribution is 6.45. The van der Waals surface area contributed by atoms with E-state index >= 15 is 0 Å². The monoisotopic (exact) mass is 393 g/mol. The number of carbonyl (C=O) groups excluding carboxylic acids is 1. The van der Waals surface area contributed by atoms with Crippen molar-refractivity contribution in [2.45, 2.75) is 6.92 Å². The lowest BCUT2D eigenvalue weighted by molar-refractivity contribution is -0.134. The third-order valence-electron chi connectivity index (χ3n) is 4.48. The fourth-order valence-electron chi connectivity index (χ4n) is 2.94. The highest BCUT2D eigenvalue weighted by atomic mass is 16.5. The van der Waals surface area contributed by atoms with Gasteiger partial charge < -0.3 is 14.7 Å². The summed E-state index contributed by atoms with van der Waals surface area (Å²) >= 11 is 0. The number of esters is 1. The van der Waals surface area contributed by atoms with Crippen LogP contribution in [-0.4, -0.2) is 50.0 Å². The van der Waals surface area contributed by atoms with Crippen LogP contribution in [0, 0.1) is 0 Å². The number of carboxylic acids is 1. The van der Waals surface area contributed by atoms with Crippen LogP contribution in [0.25, 0.3) is 6.08 Å². The molecule has 1 aliphatic heterocycles. The van der Waals surface area contributed by atoms with Crippen molar-refractivity contribution in [2.24, 2.45) is 5.10 Å². The van der Waals surface area contributed by atoms with Gasteiger partial charge in [-0.15, -0.1) is 0 Å². The van der Waals surface area contributed by atoms with Gasteiger partial charge in [-0.25, -0.2) is 9.59 Å². The zero-order valence-electron chi connectivity index (χ0n) is 16.6. The molecule has 1 heterocycles. The van der Waals surface area contributed by atoms with Crippen LogP contribution in [0.2, 0.25) is 0 Å². The number of hydrogen-bond donors (Lipinski definition) is 1. The molecule has 3 rings (SSSR count). The lowest BCUT2D eigenvalue weighted by Crippen LogP contribution is -2.18. The van der Waals surface area contributed by atoms with Crippen molar-refractivity contribution < 1.29 is 19.4 Å². The molecule has 7 nitrogen and oxygen atoms in total. The smallest absolute Gasteiger partial charge is 0.359 e. The van der Waals surface area contributed by atoms with Crippen LogP contribution < -0.4 is 9.91 Å². The second-order valence-electron chi connectivity index (χ2n) is 6.73. The number of carboxylic acid groups (broad SMARTS) is 1. The zero-order valence-corrected chi connectivity index (χ0v) is 16.6. The van der Waals surface area contributed by atoms with E-state index in [1.807, 2.05) is 49.3 Å². The number of ether oxygens (including phenoxy) is 1. The Morgan fingerprint density at radius 1 is 1.14 bits per heavy atom. The first-order valence-corrected chi connectivity index (χ1v) is 9.24. The maximum atomic E-state index is 12.4. The minimum absolute atomic E-state index is 0.194. The van der Waals surface area contributed by atoms with Crippen molar-refractivity contribution in [1.82, 2.24) is 0 Å². The summed E-state index contributed by atoms with van der Waals surface area (Å²) in [5.41, 5.74) is 3.92. The number of nitrogens with zero attached hydrogens (tertiary/aromatic N) is 3. The Balaban J connectivity index is 1.90. The molecular formula is C22H23N3O4. The molecule has 0 saturated heterocycles. The highest BCUT2D eigenvalue weighted by Gasteiger charge is 2.28. The number of hydrazone groups is 1. The third kappa shape index (κ3) is 4.63. The third-order valence-corrected chi connectivity index (χ3v) is 4.48. The summed E-state index contributed by atoms with van der Waals surface area (Å²) in [7, 11) is 3.95. The minimum Gasteiger partial charge on any atom is -0.478 e. The molecule has 29 heavy (non-hydrogen) atoms. The Labute approximate surface area is 169 Å². The fraction of sp³-hybridized carbons (Fsp3) is 0.227. The predicted molar refractivity (Wildman–Crippen MR) is 114 cm³/mol. The number of aromatic carboxylic acids is 1. The van der Waals surface area contributed by atoms with Crippen LogP contribution in [0.4, 0.5) is 11.4 Å². The van der Waals surface area contributed by atoms with Gasteiger partial charge in [-0.1, -0.05) is 12.1 Å².